The molecule has 0 spiro atoms. The van der Waals surface area contributed by atoms with Crippen LogP contribution < -0.4 is 10.6 Å². The highest BCUT2D eigenvalue weighted by Crippen LogP contribution is 2.23. The van der Waals surface area contributed by atoms with Crippen molar-refractivity contribution in [2.24, 2.45) is 5.73 Å². The monoisotopic (exact) mass is 296 g/mol. The van der Waals surface area contributed by atoms with Gasteiger partial charge < -0.3 is 10.6 Å². The highest BCUT2D eigenvalue weighted by atomic mass is 15.3. The second kappa shape index (κ2) is 6.44. The van der Waals surface area contributed by atoms with E-state index < -0.39 is 0 Å². The molecule has 4 nitrogen and oxygen atoms in total. The maximum Gasteiger partial charge on any atom is 0.151 e. The predicted octanol–water partition coefficient (Wildman–Crippen LogP) is 3.19. The predicted molar refractivity (Wildman–Crippen MR) is 91.0 cm³/mol. The van der Waals surface area contributed by atoms with Crippen molar-refractivity contribution in [3.63, 3.8) is 0 Å². The largest absolute Gasteiger partial charge is 0.354 e. The van der Waals surface area contributed by atoms with E-state index in [1.807, 2.05) is 6.07 Å². The zero-order valence-electron chi connectivity index (χ0n) is 13.4. The molecule has 2 N–H and O–H groups in total. The maximum absolute atomic E-state index is 6.03. The third-order valence-electron chi connectivity index (χ3n) is 4.31. The molecule has 2 heterocycles. The molecule has 1 aliphatic heterocycles. The second-order valence-corrected chi connectivity index (χ2v) is 6.40. The van der Waals surface area contributed by atoms with Gasteiger partial charge in [-0.2, -0.15) is 0 Å². The lowest BCUT2D eigenvalue weighted by atomic mass is 10.0. The van der Waals surface area contributed by atoms with E-state index in [1.54, 1.807) is 0 Å². The van der Waals surface area contributed by atoms with Crippen molar-refractivity contribution in [2.75, 3.05) is 18.0 Å². The highest BCUT2D eigenvalue weighted by molar-refractivity contribution is 5.60. The van der Waals surface area contributed by atoms with Gasteiger partial charge in [0.2, 0.25) is 0 Å². The average Bonchev–Trinajstić information content (AvgIpc) is 2.55. The molecule has 4 heteroatoms. The molecule has 1 aliphatic rings. The van der Waals surface area contributed by atoms with Crippen LogP contribution in [0.5, 0.6) is 0 Å². The Hall–Kier alpha value is -1.94. The first-order valence-electron chi connectivity index (χ1n) is 8.08. The Morgan fingerprint density at radius 1 is 1.09 bits per heavy atom. The van der Waals surface area contributed by atoms with Crippen LogP contribution in [0.4, 0.5) is 5.82 Å². The van der Waals surface area contributed by atoms with Gasteiger partial charge in [-0.1, -0.05) is 38.1 Å². The van der Waals surface area contributed by atoms with Crippen LogP contribution in [0.2, 0.25) is 0 Å². The van der Waals surface area contributed by atoms with Gasteiger partial charge in [0, 0.05) is 24.7 Å². The molecular weight excluding hydrogens is 272 g/mol. The van der Waals surface area contributed by atoms with Gasteiger partial charge in [-0.05, 0) is 36.5 Å². The molecule has 0 bridgehead atoms. The molecule has 3 rings (SSSR count). The van der Waals surface area contributed by atoms with Crippen LogP contribution in [0.1, 0.15) is 38.2 Å². The summed E-state index contributed by atoms with van der Waals surface area (Å²) in [5.41, 5.74) is 9.40. The van der Waals surface area contributed by atoms with Crippen molar-refractivity contribution >= 4 is 5.82 Å². The number of nitrogens with two attached hydrogens (primary N) is 1. The summed E-state index contributed by atoms with van der Waals surface area (Å²) in [5.74, 6) is 1.48. The number of hydrogen-bond donors (Lipinski definition) is 1. The van der Waals surface area contributed by atoms with Gasteiger partial charge in [0.15, 0.2) is 5.82 Å². The molecule has 1 saturated heterocycles. The van der Waals surface area contributed by atoms with Crippen molar-refractivity contribution in [3.05, 3.63) is 42.0 Å². The highest BCUT2D eigenvalue weighted by Gasteiger charge is 2.18. The number of aromatic nitrogens is 2. The molecule has 1 aromatic carbocycles. The summed E-state index contributed by atoms with van der Waals surface area (Å²) in [5, 5.41) is 8.78. The molecule has 1 aromatic heterocycles. The minimum atomic E-state index is 0.249. The first-order chi connectivity index (χ1) is 10.6. The molecule has 0 radical (unpaired) electrons. The zero-order valence-corrected chi connectivity index (χ0v) is 13.4. The van der Waals surface area contributed by atoms with Crippen LogP contribution in [-0.2, 0) is 0 Å². The molecule has 0 aliphatic carbocycles. The first kappa shape index (κ1) is 15.0. The number of anilines is 1. The minimum absolute atomic E-state index is 0.249. The van der Waals surface area contributed by atoms with E-state index in [-0.39, 0.29) is 6.04 Å². The fourth-order valence-electron chi connectivity index (χ4n) is 2.90. The van der Waals surface area contributed by atoms with E-state index in [1.165, 1.54) is 5.56 Å². The fourth-order valence-corrected chi connectivity index (χ4v) is 2.90. The van der Waals surface area contributed by atoms with Gasteiger partial charge in [-0.25, -0.2) is 0 Å². The number of nitrogens with zero attached hydrogens (tertiary/aromatic N) is 3. The number of piperidine rings is 1. The molecule has 22 heavy (non-hydrogen) atoms. The molecule has 0 saturated carbocycles. The van der Waals surface area contributed by atoms with Gasteiger partial charge >= 0.3 is 0 Å². The normalized spacial score (nSPS) is 18.7. The molecule has 0 amide bonds. The third kappa shape index (κ3) is 3.28. The van der Waals surface area contributed by atoms with Crippen LogP contribution in [0, 0.1) is 0 Å². The summed E-state index contributed by atoms with van der Waals surface area (Å²) in [6.07, 6.45) is 2.23. The molecular formula is C18H24N4. The fraction of sp³-hybridized carbons (Fsp3) is 0.444. The van der Waals surface area contributed by atoms with Crippen LogP contribution in [0.25, 0.3) is 11.3 Å². The maximum atomic E-state index is 6.03. The van der Waals surface area contributed by atoms with Crippen molar-refractivity contribution in [2.45, 2.75) is 38.6 Å². The van der Waals surface area contributed by atoms with E-state index in [9.17, 15) is 0 Å². The Bertz CT molecular complexity index is 604. The van der Waals surface area contributed by atoms with Crippen molar-refractivity contribution in [3.8, 4) is 11.3 Å². The first-order valence-corrected chi connectivity index (χ1v) is 8.08. The standard InChI is InChI=1S/C18H24N4/c1-13(2)14-5-7-15(8-6-14)17-9-10-18(21-20-17)22-11-3-4-16(19)12-22/h5-10,13,16H,3-4,11-12,19H2,1-2H3. The summed E-state index contributed by atoms with van der Waals surface area (Å²) in [4.78, 5) is 2.23. The smallest absolute Gasteiger partial charge is 0.151 e. The van der Waals surface area contributed by atoms with Crippen molar-refractivity contribution < 1.29 is 0 Å². The Labute approximate surface area is 132 Å². The minimum Gasteiger partial charge on any atom is -0.354 e. The molecule has 1 fully saturated rings. The van der Waals surface area contributed by atoms with Gasteiger partial charge in [0.25, 0.3) is 0 Å². The van der Waals surface area contributed by atoms with Gasteiger partial charge in [-0.15, -0.1) is 10.2 Å². The van der Waals surface area contributed by atoms with Crippen LogP contribution >= 0.6 is 0 Å². The van der Waals surface area contributed by atoms with Crippen LogP contribution in [0.3, 0.4) is 0 Å². The second-order valence-electron chi connectivity index (χ2n) is 6.40. The average molecular weight is 296 g/mol. The van der Waals surface area contributed by atoms with E-state index >= 15 is 0 Å². The molecule has 1 unspecified atom stereocenters. The quantitative estimate of drug-likeness (QED) is 0.945. The van der Waals surface area contributed by atoms with Crippen molar-refractivity contribution in [1.82, 2.24) is 10.2 Å². The molecule has 2 aromatic rings. The van der Waals surface area contributed by atoms with Gasteiger partial charge in [-0.3, -0.25) is 0 Å². The van der Waals surface area contributed by atoms with Crippen LogP contribution in [-0.4, -0.2) is 29.3 Å². The Kier molecular flexibility index (Phi) is 4.39. The third-order valence-corrected chi connectivity index (χ3v) is 4.31. The summed E-state index contributed by atoms with van der Waals surface area (Å²) in [6, 6.07) is 12.9. The van der Waals surface area contributed by atoms with Crippen LogP contribution in [0.15, 0.2) is 36.4 Å². The van der Waals surface area contributed by atoms with E-state index in [0.29, 0.717) is 5.92 Å². The lowest BCUT2D eigenvalue weighted by Crippen LogP contribution is -2.43. The number of hydrogen-bond acceptors (Lipinski definition) is 4. The van der Waals surface area contributed by atoms with E-state index in [2.05, 4.69) is 59.3 Å². The van der Waals surface area contributed by atoms with E-state index in [0.717, 1.165) is 43.0 Å². The lowest BCUT2D eigenvalue weighted by molar-refractivity contribution is 0.502. The summed E-state index contributed by atoms with van der Waals surface area (Å²) in [6.45, 7) is 6.29. The zero-order chi connectivity index (χ0) is 15.5. The Morgan fingerprint density at radius 2 is 1.86 bits per heavy atom. The Morgan fingerprint density at radius 3 is 2.45 bits per heavy atom. The van der Waals surface area contributed by atoms with Gasteiger partial charge in [0.05, 0.1) is 5.69 Å². The van der Waals surface area contributed by atoms with Crippen molar-refractivity contribution in [1.29, 1.82) is 0 Å². The summed E-state index contributed by atoms with van der Waals surface area (Å²) < 4.78 is 0. The Balaban J connectivity index is 1.76. The summed E-state index contributed by atoms with van der Waals surface area (Å²) in [7, 11) is 0. The summed E-state index contributed by atoms with van der Waals surface area (Å²) >= 11 is 0. The number of benzene rings is 1. The SMILES string of the molecule is CC(C)c1ccc(-c2ccc(N3CCCC(N)C3)nn2)cc1. The van der Waals surface area contributed by atoms with Gasteiger partial charge in [0.1, 0.15) is 0 Å². The lowest BCUT2D eigenvalue weighted by Gasteiger charge is -2.31. The molecule has 1 atom stereocenters. The molecule has 116 valence electrons. The topological polar surface area (TPSA) is 55.0 Å². The van der Waals surface area contributed by atoms with E-state index in [4.69, 9.17) is 5.73 Å². The number of rotatable bonds is 3.